The quantitative estimate of drug-likeness (QED) is 0.483. The molecular weight excluding hydrogens is 468 g/mol. The van der Waals surface area contributed by atoms with E-state index in [1.165, 1.54) is 0 Å². The van der Waals surface area contributed by atoms with Gasteiger partial charge in [0, 0.05) is 11.8 Å². The van der Waals surface area contributed by atoms with Crippen molar-refractivity contribution in [1.82, 2.24) is 4.90 Å². The Bertz CT molecular complexity index is 1320. The highest BCUT2D eigenvalue weighted by atomic mass is 32.2. The summed E-state index contributed by atoms with van der Waals surface area (Å²) in [5, 5.41) is 2.17. The molecule has 1 saturated heterocycles. The van der Waals surface area contributed by atoms with Gasteiger partial charge in [0.1, 0.15) is 18.9 Å². The lowest BCUT2D eigenvalue weighted by Crippen LogP contribution is -2.36. The maximum Gasteiger partial charge on any atom is 0.294 e. The van der Waals surface area contributed by atoms with Crippen LogP contribution in [-0.4, -0.2) is 35.3 Å². The number of imide groups is 1. The van der Waals surface area contributed by atoms with Gasteiger partial charge in [-0.25, -0.2) is 0 Å². The molecule has 35 heavy (non-hydrogen) atoms. The highest BCUT2D eigenvalue weighted by Crippen LogP contribution is 2.35. The number of carbonyl (C=O) groups is 3. The monoisotopic (exact) mass is 488 g/mol. The first-order valence-electron chi connectivity index (χ1n) is 10.8. The number of thioether (sulfide) groups is 1. The number of carbonyl (C=O) groups excluding carboxylic acids is 3. The molecule has 0 aliphatic carbocycles. The molecule has 2 aliphatic heterocycles. The molecule has 1 N–H and O–H groups in total. The number of fused-ring (bicyclic) bond motifs is 1. The van der Waals surface area contributed by atoms with E-state index in [9.17, 15) is 14.4 Å². The van der Waals surface area contributed by atoms with E-state index < -0.39 is 23.6 Å². The minimum atomic E-state index is -0.517. The lowest BCUT2D eigenvalue weighted by atomic mass is 10.2. The third-order valence-electron chi connectivity index (χ3n) is 5.24. The second-order valence-corrected chi connectivity index (χ2v) is 8.72. The van der Waals surface area contributed by atoms with Crippen molar-refractivity contribution >= 4 is 40.6 Å². The van der Waals surface area contributed by atoms with Gasteiger partial charge in [-0.1, -0.05) is 42.5 Å². The van der Waals surface area contributed by atoms with Gasteiger partial charge in [0.15, 0.2) is 11.5 Å². The second-order valence-electron chi connectivity index (χ2n) is 7.73. The fourth-order valence-corrected chi connectivity index (χ4v) is 4.38. The Morgan fingerprint density at radius 3 is 2.69 bits per heavy atom. The summed E-state index contributed by atoms with van der Waals surface area (Å²) in [5.41, 5.74) is 2.23. The van der Waals surface area contributed by atoms with Crippen LogP contribution in [0.3, 0.4) is 0 Å². The highest BCUT2D eigenvalue weighted by Gasteiger charge is 2.36. The summed E-state index contributed by atoms with van der Waals surface area (Å²) < 4.78 is 16.4. The summed E-state index contributed by atoms with van der Waals surface area (Å²) in [4.78, 5) is 38.9. The van der Waals surface area contributed by atoms with Crippen molar-refractivity contribution < 1.29 is 28.6 Å². The van der Waals surface area contributed by atoms with E-state index in [0.29, 0.717) is 35.1 Å². The number of amides is 3. The highest BCUT2D eigenvalue weighted by molar-refractivity contribution is 8.18. The molecular formula is C26H20N2O6S. The molecule has 1 fully saturated rings. The molecule has 3 amide bonds. The SMILES string of the molecule is O=C(CN1C(=O)S/C(=C/c2cccc(OCc3ccccc3)c2)C1=O)Nc1ccc2c(c1)OCO2. The summed E-state index contributed by atoms with van der Waals surface area (Å²) >= 11 is 0.798. The number of ether oxygens (including phenoxy) is 3. The molecule has 0 aromatic heterocycles. The maximum absolute atomic E-state index is 12.8. The molecule has 0 saturated carbocycles. The molecule has 0 atom stereocenters. The van der Waals surface area contributed by atoms with Gasteiger partial charge in [0.25, 0.3) is 11.1 Å². The molecule has 176 valence electrons. The Labute approximate surface area is 205 Å². The van der Waals surface area contributed by atoms with Gasteiger partial charge < -0.3 is 19.5 Å². The predicted octanol–water partition coefficient (Wildman–Crippen LogP) is 4.67. The average molecular weight is 489 g/mol. The number of nitrogens with zero attached hydrogens (tertiary/aromatic N) is 1. The molecule has 3 aromatic rings. The molecule has 0 bridgehead atoms. The van der Waals surface area contributed by atoms with Crippen LogP contribution in [0.25, 0.3) is 6.08 Å². The van der Waals surface area contributed by atoms with Crippen molar-refractivity contribution in [2.24, 2.45) is 0 Å². The van der Waals surface area contributed by atoms with E-state index in [0.717, 1.165) is 22.2 Å². The van der Waals surface area contributed by atoms with Gasteiger partial charge in [0.2, 0.25) is 12.7 Å². The van der Waals surface area contributed by atoms with E-state index in [1.807, 2.05) is 48.5 Å². The van der Waals surface area contributed by atoms with E-state index in [-0.39, 0.29) is 11.7 Å². The van der Waals surface area contributed by atoms with Gasteiger partial charge in [-0.3, -0.25) is 19.3 Å². The zero-order valence-corrected chi connectivity index (χ0v) is 19.2. The van der Waals surface area contributed by atoms with Crippen molar-refractivity contribution in [3.8, 4) is 17.2 Å². The Kier molecular flexibility index (Phi) is 6.40. The van der Waals surface area contributed by atoms with Crippen LogP contribution in [0.15, 0.2) is 77.7 Å². The summed E-state index contributed by atoms with van der Waals surface area (Å²) in [6.07, 6.45) is 1.62. The topological polar surface area (TPSA) is 94.2 Å². The van der Waals surface area contributed by atoms with Gasteiger partial charge in [-0.15, -0.1) is 0 Å². The van der Waals surface area contributed by atoms with Crippen LogP contribution in [-0.2, 0) is 16.2 Å². The van der Waals surface area contributed by atoms with Gasteiger partial charge in [0.05, 0.1) is 4.91 Å². The summed E-state index contributed by atoms with van der Waals surface area (Å²) in [5.74, 6) is 0.741. The van der Waals surface area contributed by atoms with E-state index in [2.05, 4.69) is 5.32 Å². The molecule has 9 heteroatoms. The summed E-state index contributed by atoms with van der Waals surface area (Å²) in [7, 11) is 0. The normalized spacial score (nSPS) is 15.5. The Balaban J connectivity index is 1.22. The molecule has 8 nitrogen and oxygen atoms in total. The standard InChI is InChI=1S/C26H20N2O6S/c29-24(27-19-9-10-21-22(13-19)34-16-33-21)14-28-25(30)23(35-26(28)31)12-18-7-4-8-20(11-18)32-15-17-5-2-1-3-6-17/h1-13H,14-16H2,(H,27,29)/b23-12+. The minimum Gasteiger partial charge on any atom is -0.489 e. The molecule has 2 heterocycles. The smallest absolute Gasteiger partial charge is 0.294 e. The Morgan fingerprint density at radius 2 is 1.83 bits per heavy atom. The van der Waals surface area contributed by atoms with Gasteiger partial charge in [-0.2, -0.15) is 0 Å². The Morgan fingerprint density at radius 1 is 1.00 bits per heavy atom. The van der Waals surface area contributed by atoms with Crippen LogP contribution in [0.2, 0.25) is 0 Å². The number of nitrogens with one attached hydrogen (secondary N) is 1. The zero-order chi connectivity index (χ0) is 24.2. The molecule has 0 spiro atoms. The van der Waals surface area contributed by atoms with Crippen LogP contribution >= 0.6 is 11.8 Å². The maximum atomic E-state index is 12.8. The first-order valence-corrected chi connectivity index (χ1v) is 11.6. The number of anilines is 1. The van der Waals surface area contributed by atoms with Crippen molar-refractivity contribution in [3.05, 3.63) is 88.8 Å². The van der Waals surface area contributed by atoms with Gasteiger partial charge >= 0.3 is 0 Å². The van der Waals surface area contributed by atoms with Crippen LogP contribution in [0, 0.1) is 0 Å². The molecule has 5 rings (SSSR count). The van der Waals surface area contributed by atoms with Crippen LogP contribution in [0.1, 0.15) is 11.1 Å². The van der Waals surface area contributed by atoms with Crippen LogP contribution < -0.4 is 19.5 Å². The zero-order valence-electron chi connectivity index (χ0n) is 18.4. The number of hydrogen-bond acceptors (Lipinski definition) is 7. The second kappa shape index (κ2) is 9.94. The van der Waals surface area contributed by atoms with Crippen molar-refractivity contribution in [1.29, 1.82) is 0 Å². The first kappa shape index (κ1) is 22.5. The molecule has 2 aliphatic rings. The van der Waals surface area contributed by atoms with Crippen molar-refractivity contribution in [2.45, 2.75) is 6.61 Å². The van der Waals surface area contributed by atoms with E-state index in [1.54, 1.807) is 30.3 Å². The fraction of sp³-hybridized carbons (Fsp3) is 0.115. The third kappa shape index (κ3) is 5.30. The summed E-state index contributed by atoms with van der Waals surface area (Å²) in [6.45, 7) is 0.147. The largest absolute Gasteiger partial charge is 0.489 e. The van der Waals surface area contributed by atoms with E-state index >= 15 is 0 Å². The lowest BCUT2D eigenvalue weighted by Gasteiger charge is -2.12. The molecule has 3 aromatic carbocycles. The van der Waals surface area contributed by atoms with Crippen molar-refractivity contribution in [2.75, 3.05) is 18.7 Å². The average Bonchev–Trinajstić information content (AvgIpc) is 3.43. The minimum absolute atomic E-state index is 0.123. The number of benzene rings is 3. The molecule has 0 radical (unpaired) electrons. The van der Waals surface area contributed by atoms with E-state index in [4.69, 9.17) is 14.2 Å². The fourth-order valence-electron chi connectivity index (χ4n) is 3.54. The van der Waals surface area contributed by atoms with Gasteiger partial charge in [-0.05, 0) is 53.2 Å². The third-order valence-corrected chi connectivity index (χ3v) is 6.14. The summed E-state index contributed by atoms with van der Waals surface area (Å²) in [6, 6.07) is 22.0. The Hall–Kier alpha value is -4.24. The number of rotatable bonds is 7. The van der Waals surface area contributed by atoms with Crippen LogP contribution in [0.4, 0.5) is 10.5 Å². The predicted molar refractivity (Wildman–Crippen MR) is 131 cm³/mol. The lowest BCUT2D eigenvalue weighted by molar-refractivity contribution is -0.127. The molecule has 0 unspecified atom stereocenters. The van der Waals surface area contributed by atoms with Crippen molar-refractivity contribution in [3.63, 3.8) is 0 Å². The number of hydrogen-bond donors (Lipinski definition) is 1. The first-order chi connectivity index (χ1) is 17.0. The van der Waals surface area contributed by atoms with Crippen LogP contribution in [0.5, 0.6) is 17.2 Å².